The highest BCUT2D eigenvalue weighted by Crippen LogP contribution is 2.63. The fraction of sp³-hybridized carbons (Fsp3) is 1.00. The second kappa shape index (κ2) is 3.29. The van der Waals surface area contributed by atoms with Gasteiger partial charge < -0.3 is 0 Å². The monoisotopic (exact) mass is 180 g/mol. The molecule has 0 heteroatoms. The molecule has 0 radical (unpaired) electrons. The van der Waals surface area contributed by atoms with E-state index in [1.807, 2.05) is 0 Å². The highest BCUT2D eigenvalue weighted by atomic mass is 14.6. The van der Waals surface area contributed by atoms with Crippen molar-refractivity contribution in [1.82, 2.24) is 0 Å². The second-order valence-corrected chi connectivity index (χ2v) is 5.54. The molecule has 0 N–H and O–H groups in total. The summed E-state index contributed by atoms with van der Waals surface area (Å²) in [6.07, 6.45) is 9.06. The Hall–Kier alpha value is 0. The van der Waals surface area contributed by atoms with E-state index in [-0.39, 0.29) is 0 Å². The normalized spacial score (nSPS) is 42.2. The standard InChI is InChI=1S/C13H24/c1-4-10(2)11(3)13-8-5-6-12(13)7-9-13/h10-12H,4-9H2,1-3H3/t10-,11+,12?,13-/m0/s1. The van der Waals surface area contributed by atoms with Crippen molar-refractivity contribution in [2.45, 2.75) is 59.3 Å². The average molecular weight is 180 g/mol. The molecule has 0 aromatic rings. The number of hydrogen-bond acceptors (Lipinski definition) is 0. The summed E-state index contributed by atoms with van der Waals surface area (Å²) >= 11 is 0. The average Bonchev–Trinajstić information content (AvgIpc) is 2.41. The molecule has 2 aliphatic carbocycles. The lowest BCUT2D eigenvalue weighted by Gasteiger charge is -2.51. The predicted molar refractivity (Wildman–Crippen MR) is 57.6 cm³/mol. The van der Waals surface area contributed by atoms with Crippen LogP contribution in [0.3, 0.4) is 0 Å². The molecule has 2 saturated carbocycles. The van der Waals surface area contributed by atoms with Crippen LogP contribution >= 0.6 is 0 Å². The van der Waals surface area contributed by atoms with Crippen LogP contribution < -0.4 is 0 Å². The van der Waals surface area contributed by atoms with Gasteiger partial charge in [0.1, 0.15) is 0 Å². The zero-order valence-electron chi connectivity index (χ0n) is 9.47. The van der Waals surface area contributed by atoms with E-state index in [0.717, 1.165) is 23.2 Å². The summed E-state index contributed by atoms with van der Waals surface area (Å²) in [7, 11) is 0. The zero-order chi connectivity index (χ0) is 9.47. The van der Waals surface area contributed by atoms with Crippen molar-refractivity contribution in [3.05, 3.63) is 0 Å². The largest absolute Gasteiger partial charge is 0.0651 e. The molecule has 0 aromatic carbocycles. The maximum absolute atomic E-state index is 2.52. The predicted octanol–water partition coefficient (Wildman–Crippen LogP) is 4.25. The van der Waals surface area contributed by atoms with Crippen LogP contribution in [0.2, 0.25) is 0 Å². The Bertz CT molecular complexity index is 184. The van der Waals surface area contributed by atoms with E-state index < -0.39 is 0 Å². The Labute approximate surface area is 83.1 Å². The Morgan fingerprint density at radius 3 is 2.46 bits per heavy atom. The van der Waals surface area contributed by atoms with Crippen molar-refractivity contribution in [2.75, 3.05) is 0 Å². The van der Waals surface area contributed by atoms with Gasteiger partial charge in [-0.1, -0.05) is 33.6 Å². The second-order valence-electron chi connectivity index (χ2n) is 5.54. The maximum atomic E-state index is 2.52. The van der Waals surface area contributed by atoms with Crippen LogP contribution in [-0.2, 0) is 0 Å². The SMILES string of the molecule is CC[C@H](C)[C@@H](C)[C@@]12CCCC1CC2. The summed E-state index contributed by atoms with van der Waals surface area (Å²) in [5.74, 6) is 3.05. The first-order valence-electron chi connectivity index (χ1n) is 6.20. The van der Waals surface area contributed by atoms with E-state index in [4.69, 9.17) is 0 Å². The van der Waals surface area contributed by atoms with Crippen molar-refractivity contribution in [3.63, 3.8) is 0 Å². The van der Waals surface area contributed by atoms with Crippen LogP contribution in [0.1, 0.15) is 59.3 Å². The quantitative estimate of drug-likeness (QED) is 0.609. The Kier molecular flexibility index (Phi) is 2.42. The fourth-order valence-electron chi connectivity index (χ4n) is 3.91. The lowest BCUT2D eigenvalue weighted by atomic mass is 9.53. The van der Waals surface area contributed by atoms with Gasteiger partial charge in [-0.15, -0.1) is 0 Å². The Morgan fingerprint density at radius 2 is 2.00 bits per heavy atom. The van der Waals surface area contributed by atoms with Gasteiger partial charge >= 0.3 is 0 Å². The number of rotatable bonds is 3. The minimum Gasteiger partial charge on any atom is -0.0651 e. The summed E-state index contributed by atoms with van der Waals surface area (Å²) in [4.78, 5) is 0. The lowest BCUT2D eigenvalue weighted by Crippen LogP contribution is -2.43. The molecule has 2 aliphatic rings. The molecule has 2 fully saturated rings. The van der Waals surface area contributed by atoms with Crippen molar-refractivity contribution in [2.24, 2.45) is 23.2 Å². The van der Waals surface area contributed by atoms with Crippen molar-refractivity contribution in [1.29, 1.82) is 0 Å². The molecule has 0 nitrogen and oxygen atoms in total. The highest BCUT2D eigenvalue weighted by Gasteiger charge is 2.53. The van der Waals surface area contributed by atoms with Gasteiger partial charge in [-0.25, -0.2) is 0 Å². The molecule has 4 atom stereocenters. The van der Waals surface area contributed by atoms with Gasteiger partial charge in [0.15, 0.2) is 0 Å². The van der Waals surface area contributed by atoms with E-state index in [1.165, 1.54) is 12.8 Å². The van der Waals surface area contributed by atoms with E-state index in [9.17, 15) is 0 Å². The minimum atomic E-state index is 0.815. The molecule has 0 heterocycles. The first kappa shape index (κ1) is 9.55. The van der Waals surface area contributed by atoms with E-state index in [1.54, 1.807) is 25.7 Å². The van der Waals surface area contributed by atoms with E-state index in [2.05, 4.69) is 20.8 Å². The third kappa shape index (κ3) is 1.25. The van der Waals surface area contributed by atoms with Gasteiger partial charge in [0.05, 0.1) is 0 Å². The molecular formula is C13H24. The molecule has 1 unspecified atom stereocenters. The summed E-state index contributed by atoms with van der Waals surface area (Å²) in [5.41, 5.74) is 0.815. The van der Waals surface area contributed by atoms with Crippen LogP contribution in [-0.4, -0.2) is 0 Å². The molecule has 0 aromatic heterocycles. The van der Waals surface area contributed by atoms with Gasteiger partial charge in [0.2, 0.25) is 0 Å². The highest BCUT2D eigenvalue weighted by molar-refractivity contribution is 5.03. The summed E-state index contributed by atoms with van der Waals surface area (Å²) in [6, 6.07) is 0. The molecular weight excluding hydrogens is 156 g/mol. The summed E-state index contributed by atoms with van der Waals surface area (Å²) in [5, 5.41) is 0. The molecule has 2 rings (SSSR count). The molecule has 0 bridgehead atoms. The first-order chi connectivity index (χ1) is 6.20. The van der Waals surface area contributed by atoms with Gasteiger partial charge in [-0.3, -0.25) is 0 Å². The van der Waals surface area contributed by atoms with E-state index >= 15 is 0 Å². The maximum Gasteiger partial charge on any atom is -0.0241 e. The third-order valence-corrected chi connectivity index (χ3v) is 5.37. The third-order valence-electron chi connectivity index (χ3n) is 5.37. The Morgan fingerprint density at radius 1 is 1.23 bits per heavy atom. The van der Waals surface area contributed by atoms with Crippen LogP contribution in [0.5, 0.6) is 0 Å². The molecule has 0 saturated heterocycles. The molecule has 0 amide bonds. The molecule has 0 aliphatic heterocycles. The molecule has 0 spiro atoms. The van der Waals surface area contributed by atoms with Crippen LogP contribution in [0.15, 0.2) is 0 Å². The summed E-state index contributed by atoms with van der Waals surface area (Å²) < 4.78 is 0. The van der Waals surface area contributed by atoms with Crippen molar-refractivity contribution < 1.29 is 0 Å². The van der Waals surface area contributed by atoms with Gasteiger partial charge in [-0.2, -0.15) is 0 Å². The minimum absolute atomic E-state index is 0.815. The van der Waals surface area contributed by atoms with Crippen LogP contribution in [0, 0.1) is 23.2 Å². The van der Waals surface area contributed by atoms with Crippen molar-refractivity contribution in [3.8, 4) is 0 Å². The van der Waals surface area contributed by atoms with Crippen molar-refractivity contribution >= 4 is 0 Å². The van der Waals surface area contributed by atoms with Crippen LogP contribution in [0.25, 0.3) is 0 Å². The number of hydrogen-bond donors (Lipinski definition) is 0. The molecule has 13 heavy (non-hydrogen) atoms. The van der Waals surface area contributed by atoms with Gasteiger partial charge in [-0.05, 0) is 48.9 Å². The molecule has 76 valence electrons. The topological polar surface area (TPSA) is 0 Å². The fourth-order valence-corrected chi connectivity index (χ4v) is 3.91. The van der Waals surface area contributed by atoms with E-state index in [0.29, 0.717) is 0 Å². The van der Waals surface area contributed by atoms with Gasteiger partial charge in [0.25, 0.3) is 0 Å². The summed E-state index contributed by atoms with van der Waals surface area (Å²) in [6.45, 7) is 7.32. The van der Waals surface area contributed by atoms with Crippen LogP contribution in [0.4, 0.5) is 0 Å². The Balaban J connectivity index is 2.06. The first-order valence-corrected chi connectivity index (χ1v) is 6.20. The zero-order valence-corrected chi connectivity index (χ0v) is 9.47. The lowest BCUT2D eigenvalue weighted by molar-refractivity contribution is -0.0210. The number of fused-ring (bicyclic) bond motifs is 1. The smallest absolute Gasteiger partial charge is 0.0241 e. The van der Waals surface area contributed by atoms with Gasteiger partial charge in [0, 0.05) is 0 Å².